The van der Waals surface area contributed by atoms with Crippen LogP contribution in [-0.2, 0) is 19.7 Å². The maximum absolute atomic E-state index is 11.5. The average molecular weight is 339 g/mol. The Hall–Kier alpha value is -2.52. The first kappa shape index (κ1) is 16.8. The van der Waals surface area contributed by atoms with Crippen molar-refractivity contribution in [2.45, 2.75) is 11.8 Å². The first-order valence-electron chi connectivity index (χ1n) is 6.43. The van der Waals surface area contributed by atoms with E-state index in [0.29, 0.717) is 0 Å². The summed E-state index contributed by atoms with van der Waals surface area (Å²) < 4.78 is 32.4. The number of aliphatic carboxylic acids is 2. The number of carbonyl (C=O) groups is 2. The van der Waals surface area contributed by atoms with Gasteiger partial charge in [0.1, 0.15) is 10.8 Å². The Morgan fingerprint density at radius 3 is 2.35 bits per heavy atom. The first-order chi connectivity index (χ1) is 10.6. The lowest BCUT2D eigenvalue weighted by Gasteiger charge is -2.24. The predicted octanol–water partition coefficient (Wildman–Crippen LogP) is 0.947. The third-order valence-electron chi connectivity index (χ3n) is 3.46. The monoisotopic (exact) mass is 339 g/mol. The standard InChI is InChI=1S/C14H13NO7S/c1-7-11(14(18)19)12(9(6-15-7)13(16)17)8-4-2-3-5-10(8)23(20,21)22/h2-5,9H,6H2,1H3,(H,16,17)(H,18,19)(H,20,21,22). The van der Waals surface area contributed by atoms with E-state index >= 15 is 0 Å². The molecule has 1 aliphatic heterocycles. The molecule has 0 bridgehead atoms. The Bertz CT molecular complexity index is 852. The molecule has 0 saturated heterocycles. The molecule has 1 atom stereocenters. The van der Waals surface area contributed by atoms with E-state index in [0.717, 1.165) is 6.07 Å². The van der Waals surface area contributed by atoms with Crippen LogP contribution in [0.1, 0.15) is 12.5 Å². The maximum Gasteiger partial charge on any atom is 0.337 e. The van der Waals surface area contributed by atoms with Crippen LogP contribution >= 0.6 is 0 Å². The summed E-state index contributed by atoms with van der Waals surface area (Å²) in [6.45, 7) is 1.19. The molecule has 0 amide bonds. The van der Waals surface area contributed by atoms with Crippen molar-refractivity contribution >= 4 is 33.3 Å². The summed E-state index contributed by atoms with van der Waals surface area (Å²) in [5, 5.41) is 18.7. The van der Waals surface area contributed by atoms with Crippen LogP contribution in [0.4, 0.5) is 0 Å². The molecule has 3 N–H and O–H groups in total. The molecule has 9 heteroatoms. The summed E-state index contributed by atoms with van der Waals surface area (Å²) in [6.07, 6.45) is 0. The summed E-state index contributed by atoms with van der Waals surface area (Å²) >= 11 is 0. The van der Waals surface area contributed by atoms with Gasteiger partial charge in [-0.05, 0) is 18.6 Å². The Morgan fingerprint density at radius 1 is 1.22 bits per heavy atom. The molecule has 2 rings (SSSR count). The Labute approximate surface area is 131 Å². The minimum atomic E-state index is -4.66. The van der Waals surface area contributed by atoms with Gasteiger partial charge in [-0.1, -0.05) is 18.2 Å². The minimum absolute atomic E-state index is 0.0927. The normalized spacial score (nSPS) is 18.5. The molecule has 0 saturated carbocycles. The van der Waals surface area contributed by atoms with Crippen molar-refractivity contribution in [3.63, 3.8) is 0 Å². The van der Waals surface area contributed by atoms with Crippen LogP contribution in [0.5, 0.6) is 0 Å². The third-order valence-corrected chi connectivity index (χ3v) is 4.37. The van der Waals surface area contributed by atoms with Crippen LogP contribution in [0, 0.1) is 5.92 Å². The second kappa shape index (κ2) is 5.94. The molecule has 1 unspecified atom stereocenters. The van der Waals surface area contributed by atoms with Crippen LogP contribution < -0.4 is 0 Å². The zero-order valence-corrected chi connectivity index (χ0v) is 12.7. The Balaban J connectivity index is 2.89. The number of hydrogen-bond donors (Lipinski definition) is 3. The molecule has 23 heavy (non-hydrogen) atoms. The van der Waals surface area contributed by atoms with Crippen molar-refractivity contribution in [3.05, 3.63) is 35.4 Å². The van der Waals surface area contributed by atoms with Crippen LogP contribution in [-0.4, -0.2) is 47.4 Å². The molecule has 1 aliphatic rings. The van der Waals surface area contributed by atoms with E-state index in [2.05, 4.69) is 4.99 Å². The smallest absolute Gasteiger partial charge is 0.337 e. The van der Waals surface area contributed by atoms with Crippen molar-refractivity contribution in [1.82, 2.24) is 0 Å². The van der Waals surface area contributed by atoms with E-state index in [9.17, 15) is 32.8 Å². The second-order valence-corrected chi connectivity index (χ2v) is 6.27. The first-order valence-corrected chi connectivity index (χ1v) is 7.87. The fourth-order valence-corrected chi connectivity index (χ4v) is 3.18. The lowest BCUT2D eigenvalue weighted by atomic mass is 9.84. The van der Waals surface area contributed by atoms with Gasteiger partial charge in [0.05, 0.1) is 12.1 Å². The van der Waals surface area contributed by atoms with Crippen molar-refractivity contribution in [2.24, 2.45) is 10.9 Å². The highest BCUT2D eigenvalue weighted by Gasteiger charge is 2.35. The Morgan fingerprint density at radius 2 is 1.83 bits per heavy atom. The van der Waals surface area contributed by atoms with Gasteiger partial charge in [-0.2, -0.15) is 8.42 Å². The Kier molecular flexibility index (Phi) is 4.35. The van der Waals surface area contributed by atoms with E-state index in [1.54, 1.807) is 0 Å². The zero-order chi connectivity index (χ0) is 17.4. The SMILES string of the molecule is CC1=NCC(C(=O)O)C(c2ccccc2S(=O)(=O)O)=C1C(=O)O. The molecule has 8 nitrogen and oxygen atoms in total. The van der Waals surface area contributed by atoms with Crippen molar-refractivity contribution in [2.75, 3.05) is 6.54 Å². The summed E-state index contributed by atoms with van der Waals surface area (Å²) in [5.74, 6) is -4.08. The summed E-state index contributed by atoms with van der Waals surface area (Å²) in [5.41, 5.74) is -0.630. The van der Waals surface area contributed by atoms with Gasteiger partial charge >= 0.3 is 11.9 Å². The number of aliphatic imine (C=N–C) groups is 1. The highest BCUT2D eigenvalue weighted by Crippen LogP contribution is 2.35. The number of nitrogens with zero attached hydrogens (tertiary/aromatic N) is 1. The van der Waals surface area contributed by atoms with Crippen molar-refractivity contribution < 1.29 is 32.8 Å². The van der Waals surface area contributed by atoms with Gasteiger partial charge in [-0.25, -0.2) is 4.79 Å². The molecule has 1 aromatic rings. The van der Waals surface area contributed by atoms with Gasteiger partial charge in [0, 0.05) is 11.3 Å². The molecular weight excluding hydrogens is 326 g/mol. The number of dihydropyridines is 1. The van der Waals surface area contributed by atoms with E-state index < -0.39 is 32.9 Å². The van der Waals surface area contributed by atoms with Crippen LogP contribution in [0.3, 0.4) is 0 Å². The molecule has 0 spiro atoms. The van der Waals surface area contributed by atoms with Crippen LogP contribution in [0.25, 0.3) is 5.57 Å². The molecule has 1 aromatic carbocycles. The average Bonchev–Trinajstić information content (AvgIpc) is 2.45. The van der Waals surface area contributed by atoms with Crippen LogP contribution in [0.2, 0.25) is 0 Å². The van der Waals surface area contributed by atoms with Gasteiger partial charge in [0.25, 0.3) is 10.1 Å². The highest BCUT2D eigenvalue weighted by molar-refractivity contribution is 7.86. The number of carboxylic acid groups (broad SMARTS) is 2. The maximum atomic E-state index is 11.5. The molecule has 1 heterocycles. The van der Waals surface area contributed by atoms with E-state index in [1.165, 1.54) is 25.1 Å². The number of carboxylic acids is 2. The van der Waals surface area contributed by atoms with E-state index in [-0.39, 0.29) is 29.0 Å². The zero-order valence-electron chi connectivity index (χ0n) is 11.9. The highest BCUT2D eigenvalue weighted by atomic mass is 32.2. The molecule has 122 valence electrons. The van der Waals surface area contributed by atoms with Crippen molar-refractivity contribution in [1.29, 1.82) is 0 Å². The van der Waals surface area contributed by atoms with Gasteiger partial charge in [0.15, 0.2) is 0 Å². The fourth-order valence-electron chi connectivity index (χ4n) is 2.48. The predicted molar refractivity (Wildman–Crippen MR) is 79.9 cm³/mol. The summed E-state index contributed by atoms with van der Waals surface area (Å²) in [7, 11) is -4.66. The molecular formula is C14H13NO7S. The quantitative estimate of drug-likeness (QED) is 0.693. The summed E-state index contributed by atoms with van der Waals surface area (Å²) in [4.78, 5) is 26.3. The van der Waals surface area contributed by atoms with E-state index in [4.69, 9.17) is 0 Å². The summed E-state index contributed by atoms with van der Waals surface area (Å²) in [6, 6.07) is 5.11. The molecule has 0 aliphatic carbocycles. The number of benzene rings is 1. The lowest BCUT2D eigenvalue weighted by Crippen LogP contribution is -2.29. The lowest BCUT2D eigenvalue weighted by molar-refractivity contribution is -0.139. The van der Waals surface area contributed by atoms with E-state index in [1.807, 2.05) is 0 Å². The minimum Gasteiger partial charge on any atom is -0.481 e. The van der Waals surface area contributed by atoms with Crippen LogP contribution in [0.15, 0.2) is 39.7 Å². The topological polar surface area (TPSA) is 141 Å². The molecule has 0 fully saturated rings. The van der Waals surface area contributed by atoms with Gasteiger partial charge < -0.3 is 10.2 Å². The molecule has 0 aromatic heterocycles. The number of rotatable bonds is 4. The molecule has 0 radical (unpaired) electrons. The largest absolute Gasteiger partial charge is 0.481 e. The van der Waals surface area contributed by atoms with Gasteiger partial charge in [0.2, 0.25) is 0 Å². The number of hydrogen-bond acceptors (Lipinski definition) is 5. The second-order valence-electron chi connectivity index (χ2n) is 4.88. The van der Waals surface area contributed by atoms with Gasteiger partial charge in [-0.3, -0.25) is 14.3 Å². The van der Waals surface area contributed by atoms with Crippen molar-refractivity contribution in [3.8, 4) is 0 Å². The third kappa shape index (κ3) is 3.15. The van der Waals surface area contributed by atoms with Gasteiger partial charge in [-0.15, -0.1) is 0 Å². The fraction of sp³-hybridized carbons (Fsp3) is 0.214.